The van der Waals surface area contributed by atoms with Crippen LogP contribution in [0.15, 0.2) is 12.5 Å². The van der Waals surface area contributed by atoms with Gasteiger partial charge in [0.1, 0.15) is 12.6 Å². The number of nitrogens with zero attached hydrogens (tertiary/aromatic N) is 1. The van der Waals surface area contributed by atoms with E-state index in [1.165, 1.54) is 0 Å². The largest absolute Gasteiger partial charge is 0.462 e. The van der Waals surface area contributed by atoms with E-state index in [9.17, 15) is 4.79 Å². The average Bonchev–Trinajstić information content (AvgIpc) is 2.98. The summed E-state index contributed by atoms with van der Waals surface area (Å²) in [5, 5.41) is 0. The fraction of sp³-hybridized carbons (Fsp3) is 0.636. The number of ether oxygens (including phenoxy) is 2. The van der Waals surface area contributed by atoms with Crippen LogP contribution in [-0.4, -0.2) is 41.3 Å². The predicted molar refractivity (Wildman–Crippen MR) is 60.2 cm³/mol. The maximum Gasteiger partial charge on any atom is 0.323 e. The first-order valence-corrected chi connectivity index (χ1v) is 5.77. The van der Waals surface area contributed by atoms with Crippen LogP contribution in [0.2, 0.25) is 0 Å². The SMILES string of the molecule is N[C@@H](Cc1cnc[nH]1)C(=O)OCC1CCCO1. The van der Waals surface area contributed by atoms with Gasteiger partial charge < -0.3 is 20.2 Å². The van der Waals surface area contributed by atoms with E-state index >= 15 is 0 Å². The van der Waals surface area contributed by atoms with Crippen molar-refractivity contribution in [1.82, 2.24) is 9.97 Å². The van der Waals surface area contributed by atoms with Crippen molar-refractivity contribution in [2.75, 3.05) is 13.2 Å². The van der Waals surface area contributed by atoms with Crippen LogP contribution in [0.1, 0.15) is 18.5 Å². The molecule has 0 saturated carbocycles. The van der Waals surface area contributed by atoms with Crippen LogP contribution >= 0.6 is 0 Å². The van der Waals surface area contributed by atoms with E-state index in [0.29, 0.717) is 13.0 Å². The van der Waals surface area contributed by atoms with Gasteiger partial charge in [0, 0.05) is 24.9 Å². The molecule has 1 aliphatic rings. The average molecular weight is 239 g/mol. The van der Waals surface area contributed by atoms with Crippen molar-refractivity contribution in [1.29, 1.82) is 0 Å². The quantitative estimate of drug-likeness (QED) is 0.706. The highest BCUT2D eigenvalue weighted by atomic mass is 16.6. The Morgan fingerprint density at radius 1 is 1.76 bits per heavy atom. The number of esters is 1. The third-order valence-corrected chi connectivity index (χ3v) is 2.73. The van der Waals surface area contributed by atoms with Crippen LogP contribution in [0.3, 0.4) is 0 Å². The number of nitrogens with one attached hydrogen (secondary N) is 1. The van der Waals surface area contributed by atoms with E-state index in [0.717, 1.165) is 25.1 Å². The summed E-state index contributed by atoms with van der Waals surface area (Å²) in [6.45, 7) is 1.05. The highest BCUT2D eigenvalue weighted by Gasteiger charge is 2.21. The lowest BCUT2D eigenvalue weighted by Gasteiger charge is -2.13. The first-order chi connectivity index (χ1) is 8.25. The molecule has 0 aliphatic carbocycles. The molecule has 1 aromatic rings. The molecule has 2 atom stereocenters. The molecule has 6 nitrogen and oxygen atoms in total. The van der Waals surface area contributed by atoms with Crippen molar-refractivity contribution in [2.24, 2.45) is 5.73 Å². The maximum absolute atomic E-state index is 11.6. The monoisotopic (exact) mass is 239 g/mol. The molecule has 0 aromatic carbocycles. The van der Waals surface area contributed by atoms with Gasteiger partial charge in [-0.1, -0.05) is 0 Å². The minimum absolute atomic E-state index is 0.0401. The van der Waals surface area contributed by atoms with Crippen molar-refractivity contribution in [3.05, 3.63) is 18.2 Å². The number of imidazole rings is 1. The first kappa shape index (κ1) is 12.1. The summed E-state index contributed by atoms with van der Waals surface area (Å²) >= 11 is 0. The van der Waals surface area contributed by atoms with Crippen molar-refractivity contribution in [2.45, 2.75) is 31.4 Å². The fourth-order valence-corrected chi connectivity index (χ4v) is 1.77. The summed E-state index contributed by atoms with van der Waals surface area (Å²) in [5.74, 6) is -0.393. The number of carbonyl (C=O) groups is 1. The van der Waals surface area contributed by atoms with Gasteiger partial charge in [-0.05, 0) is 12.8 Å². The van der Waals surface area contributed by atoms with Gasteiger partial charge in [0.05, 0.1) is 12.4 Å². The van der Waals surface area contributed by atoms with E-state index in [4.69, 9.17) is 15.2 Å². The molecule has 2 heterocycles. The second-order valence-electron chi connectivity index (χ2n) is 4.15. The minimum atomic E-state index is -0.656. The summed E-state index contributed by atoms with van der Waals surface area (Å²) in [4.78, 5) is 18.3. The van der Waals surface area contributed by atoms with Crippen LogP contribution in [0, 0.1) is 0 Å². The van der Waals surface area contributed by atoms with Crippen LogP contribution in [0.4, 0.5) is 0 Å². The van der Waals surface area contributed by atoms with Crippen molar-refractivity contribution < 1.29 is 14.3 Å². The summed E-state index contributed by atoms with van der Waals surface area (Å²) in [6, 6.07) is -0.656. The Hall–Kier alpha value is -1.40. The molecule has 1 fully saturated rings. The van der Waals surface area contributed by atoms with Gasteiger partial charge in [-0.15, -0.1) is 0 Å². The van der Waals surface area contributed by atoms with Crippen molar-refractivity contribution in [3.63, 3.8) is 0 Å². The molecular weight excluding hydrogens is 222 g/mol. The number of hydrogen-bond donors (Lipinski definition) is 2. The Balaban J connectivity index is 1.71. The van der Waals surface area contributed by atoms with Gasteiger partial charge >= 0.3 is 5.97 Å². The molecule has 1 unspecified atom stereocenters. The number of carbonyl (C=O) groups excluding carboxylic acids is 1. The van der Waals surface area contributed by atoms with Gasteiger partial charge in [0.15, 0.2) is 0 Å². The highest BCUT2D eigenvalue weighted by molar-refractivity contribution is 5.75. The molecule has 0 radical (unpaired) electrons. The standard InChI is InChI=1S/C11H17N3O3/c12-10(4-8-5-13-7-14-8)11(15)17-6-9-2-1-3-16-9/h5,7,9-10H,1-4,6,12H2,(H,13,14)/t9?,10-/m0/s1. The van der Waals surface area contributed by atoms with E-state index in [2.05, 4.69) is 9.97 Å². The van der Waals surface area contributed by atoms with E-state index in [1.807, 2.05) is 0 Å². The zero-order valence-electron chi connectivity index (χ0n) is 9.59. The van der Waals surface area contributed by atoms with Crippen LogP contribution in [0.5, 0.6) is 0 Å². The van der Waals surface area contributed by atoms with Gasteiger partial charge in [-0.3, -0.25) is 4.79 Å². The Kier molecular flexibility index (Phi) is 4.11. The Bertz CT molecular complexity index is 347. The smallest absolute Gasteiger partial charge is 0.323 e. The first-order valence-electron chi connectivity index (χ1n) is 5.77. The lowest BCUT2D eigenvalue weighted by molar-refractivity contribution is -0.148. The molecule has 94 valence electrons. The molecule has 0 bridgehead atoms. The second-order valence-corrected chi connectivity index (χ2v) is 4.15. The van der Waals surface area contributed by atoms with Crippen LogP contribution in [-0.2, 0) is 20.7 Å². The topological polar surface area (TPSA) is 90.2 Å². The third-order valence-electron chi connectivity index (χ3n) is 2.73. The highest BCUT2D eigenvalue weighted by Crippen LogP contribution is 2.12. The summed E-state index contributed by atoms with van der Waals surface area (Å²) < 4.78 is 10.5. The van der Waals surface area contributed by atoms with Gasteiger partial charge in [-0.25, -0.2) is 4.98 Å². The Labute approximate surface area is 99.5 Å². The maximum atomic E-state index is 11.6. The molecule has 0 spiro atoms. The van der Waals surface area contributed by atoms with Crippen molar-refractivity contribution >= 4 is 5.97 Å². The Morgan fingerprint density at radius 3 is 3.29 bits per heavy atom. The molecule has 3 N–H and O–H groups in total. The van der Waals surface area contributed by atoms with Crippen LogP contribution < -0.4 is 5.73 Å². The molecule has 6 heteroatoms. The molecule has 0 amide bonds. The number of aromatic nitrogens is 2. The molecule has 1 aromatic heterocycles. The second kappa shape index (κ2) is 5.79. The number of hydrogen-bond acceptors (Lipinski definition) is 5. The predicted octanol–water partition coefficient (Wildman–Crippen LogP) is 0.00170. The van der Waals surface area contributed by atoms with E-state index in [1.54, 1.807) is 12.5 Å². The number of rotatable bonds is 5. The zero-order valence-corrected chi connectivity index (χ0v) is 9.59. The summed E-state index contributed by atoms with van der Waals surface area (Å²) in [5.41, 5.74) is 6.56. The van der Waals surface area contributed by atoms with Crippen molar-refractivity contribution in [3.8, 4) is 0 Å². The molecule has 1 saturated heterocycles. The van der Waals surface area contributed by atoms with E-state index in [-0.39, 0.29) is 6.10 Å². The molecular formula is C11H17N3O3. The fourth-order valence-electron chi connectivity index (χ4n) is 1.77. The molecule has 1 aliphatic heterocycles. The normalized spacial score (nSPS) is 21.4. The molecule has 2 rings (SSSR count). The van der Waals surface area contributed by atoms with Gasteiger partial charge in [0.25, 0.3) is 0 Å². The number of H-pyrrole nitrogens is 1. The van der Waals surface area contributed by atoms with Crippen LogP contribution in [0.25, 0.3) is 0 Å². The lowest BCUT2D eigenvalue weighted by Crippen LogP contribution is -2.36. The minimum Gasteiger partial charge on any atom is -0.462 e. The van der Waals surface area contributed by atoms with E-state index < -0.39 is 12.0 Å². The summed E-state index contributed by atoms with van der Waals surface area (Å²) in [6.07, 6.45) is 5.63. The number of nitrogens with two attached hydrogens (primary N) is 1. The Morgan fingerprint density at radius 2 is 2.65 bits per heavy atom. The third kappa shape index (κ3) is 3.54. The van der Waals surface area contributed by atoms with Gasteiger partial charge in [-0.2, -0.15) is 0 Å². The zero-order chi connectivity index (χ0) is 12.1. The summed E-state index contributed by atoms with van der Waals surface area (Å²) in [7, 11) is 0. The van der Waals surface area contributed by atoms with Gasteiger partial charge in [0.2, 0.25) is 0 Å². The lowest BCUT2D eigenvalue weighted by atomic mass is 10.2. The number of aromatic amines is 1. The molecule has 17 heavy (non-hydrogen) atoms.